The van der Waals surface area contributed by atoms with Gasteiger partial charge in [-0.15, -0.1) is 0 Å². The standard InChI is InChI=1S/C11H17N3/c1-3-4-5-10-9-8-14(2)7-6-11(9)13-12-10/h4-5H,3,6-8H2,1-2H3,(H,12,13)/b5-4+. The Morgan fingerprint density at radius 1 is 1.57 bits per heavy atom. The van der Waals surface area contributed by atoms with Crippen LogP contribution in [0.25, 0.3) is 6.08 Å². The largest absolute Gasteiger partial charge is 0.302 e. The van der Waals surface area contributed by atoms with E-state index < -0.39 is 0 Å². The minimum Gasteiger partial charge on any atom is -0.302 e. The number of likely N-dealkylation sites (N-methyl/N-ethyl adjacent to an activating group) is 1. The number of H-pyrrole nitrogens is 1. The van der Waals surface area contributed by atoms with E-state index in [1.54, 1.807) is 0 Å². The maximum atomic E-state index is 4.33. The molecule has 0 unspecified atom stereocenters. The predicted octanol–water partition coefficient (Wildman–Crippen LogP) is 1.82. The monoisotopic (exact) mass is 191 g/mol. The topological polar surface area (TPSA) is 31.9 Å². The number of nitrogens with one attached hydrogen (secondary N) is 1. The Labute approximate surface area is 84.8 Å². The van der Waals surface area contributed by atoms with Gasteiger partial charge in [-0.3, -0.25) is 5.10 Å². The maximum Gasteiger partial charge on any atom is 0.0893 e. The molecular formula is C11H17N3. The lowest BCUT2D eigenvalue weighted by Gasteiger charge is -2.21. The van der Waals surface area contributed by atoms with Gasteiger partial charge in [0.1, 0.15) is 0 Å². The zero-order valence-corrected chi connectivity index (χ0v) is 8.88. The molecule has 1 N–H and O–H groups in total. The van der Waals surface area contributed by atoms with Crippen LogP contribution in [-0.4, -0.2) is 28.7 Å². The van der Waals surface area contributed by atoms with Crippen molar-refractivity contribution < 1.29 is 0 Å². The van der Waals surface area contributed by atoms with E-state index in [1.165, 1.54) is 11.3 Å². The van der Waals surface area contributed by atoms with E-state index in [0.717, 1.165) is 31.6 Å². The second kappa shape index (κ2) is 3.96. The van der Waals surface area contributed by atoms with Crippen LogP contribution >= 0.6 is 0 Å². The molecule has 0 atom stereocenters. The summed E-state index contributed by atoms with van der Waals surface area (Å²) in [5.41, 5.74) is 3.82. The van der Waals surface area contributed by atoms with E-state index in [4.69, 9.17) is 0 Å². The van der Waals surface area contributed by atoms with Crippen molar-refractivity contribution >= 4 is 6.08 Å². The maximum absolute atomic E-state index is 4.33. The summed E-state index contributed by atoms with van der Waals surface area (Å²) >= 11 is 0. The first-order valence-corrected chi connectivity index (χ1v) is 5.22. The van der Waals surface area contributed by atoms with E-state index in [-0.39, 0.29) is 0 Å². The van der Waals surface area contributed by atoms with Crippen LogP contribution in [0.1, 0.15) is 30.3 Å². The highest BCUT2D eigenvalue weighted by molar-refractivity contribution is 5.51. The van der Waals surface area contributed by atoms with E-state index in [9.17, 15) is 0 Å². The molecule has 0 bridgehead atoms. The summed E-state index contributed by atoms with van der Waals surface area (Å²) in [4.78, 5) is 2.33. The van der Waals surface area contributed by atoms with Crippen LogP contribution in [0.5, 0.6) is 0 Å². The van der Waals surface area contributed by atoms with Crippen LogP contribution in [0.2, 0.25) is 0 Å². The number of aromatic amines is 1. The van der Waals surface area contributed by atoms with Crippen LogP contribution in [0.3, 0.4) is 0 Å². The zero-order chi connectivity index (χ0) is 9.97. The van der Waals surface area contributed by atoms with E-state index >= 15 is 0 Å². The summed E-state index contributed by atoms with van der Waals surface area (Å²) in [6.07, 6.45) is 6.44. The normalized spacial score (nSPS) is 17.6. The summed E-state index contributed by atoms with van der Waals surface area (Å²) < 4.78 is 0. The average molecular weight is 191 g/mol. The number of allylic oxidation sites excluding steroid dienone is 1. The molecule has 0 saturated carbocycles. The molecular weight excluding hydrogens is 174 g/mol. The molecule has 76 valence electrons. The van der Waals surface area contributed by atoms with Crippen molar-refractivity contribution in [3.05, 3.63) is 23.0 Å². The van der Waals surface area contributed by atoms with Gasteiger partial charge in [-0.1, -0.05) is 13.0 Å². The number of nitrogens with zero attached hydrogens (tertiary/aromatic N) is 2. The molecule has 2 heterocycles. The van der Waals surface area contributed by atoms with Gasteiger partial charge in [-0.25, -0.2) is 0 Å². The minimum atomic E-state index is 1.02. The Balaban J connectivity index is 2.26. The molecule has 0 amide bonds. The summed E-state index contributed by atoms with van der Waals surface area (Å²) in [5, 5.41) is 7.46. The molecule has 0 saturated heterocycles. The first-order valence-electron chi connectivity index (χ1n) is 5.22. The number of hydrogen-bond donors (Lipinski definition) is 1. The Morgan fingerprint density at radius 2 is 2.43 bits per heavy atom. The molecule has 0 fully saturated rings. The van der Waals surface area contributed by atoms with E-state index in [2.05, 4.69) is 41.2 Å². The van der Waals surface area contributed by atoms with Crippen molar-refractivity contribution in [1.29, 1.82) is 0 Å². The van der Waals surface area contributed by atoms with Gasteiger partial charge in [0.25, 0.3) is 0 Å². The van der Waals surface area contributed by atoms with Crippen LogP contribution in [-0.2, 0) is 13.0 Å². The highest BCUT2D eigenvalue weighted by atomic mass is 15.2. The Kier molecular flexibility index (Phi) is 2.68. The summed E-state index contributed by atoms with van der Waals surface area (Å²) in [5.74, 6) is 0. The highest BCUT2D eigenvalue weighted by Crippen LogP contribution is 2.20. The van der Waals surface area contributed by atoms with Crippen molar-refractivity contribution in [2.45, 2.75) is 26.3 Å². The van der Waals surface area contributed by atoms with Crippen molar-refractivity contribution in [3.63, 3.8) is 0 Å². The van der Waals surface area contributed by atoms with Gasteiger partial charge in [-0.05, 0) is 19.5 Å². The molecule has 14 heavy (non-hydrogen) atoms. The van der Waals surface area contributed by atoms with Gasteiger partial charge >= 0.3 is 0 Å². The zero-order valence-electron chi connectivity index (χ0n) is 8.88. The highest BCUT2D eigenvalue weighted by Gasteiger charge is 2.17. The van der Waals surface area contributed by atoms with Gasteiger partial charge in [0.2, 0.25) is 0 Å². The molecule has 1 aliphatic heterocycles. The second-order valence-corrected chi connectivity index (χ2v) is 3.86. The van der Waals surface area contributed by atoms with Crippen LogP contribution in [0.15, 0.2) is 6.08 Å². The molecule has 3 nitrogen and oxygen atoms in total. The molecule has 0 radical (unpaired) electrons. The average Bonchev–Trinajstić information content (AvgIpc) is 2.57. The number of fused-ring (bicyclic) bond motifs is 1. The van der Waals surface area contributed by atoms with Crippen molar-refractivity contribution in [3.8, 4) is 0 Å². The van der Waals surface area contributed by atoms with Gasteiger partial charge in [0.05, 0.1) is 5.69 Å². The Bertz CT molecular complexity index is 338. The lowest BCUT2D eigenvalue weighted by Crippen LogP contribution is -2.26. The van der Waals surface area contributed by atoms with E-state index in [0.29, 0.717) is 0 Å². The summed E-state index contributed by atoms with van der Waals surface area (Å²) in [7, 11) is 2.16. The number of aromatic nitrogens is 2. The number of rotatable bonds is 2. The van der Waals surface area contributed by atoms with Gasteiger partial charge < -0.3 is 4.90 Å². The third-order valence-corrected chi connectivity index (χ3v) is 2.67. The van der Waals surface area contributed by atoms with Crippen LogP contribution in [0, 0.1) is 0 Å². The molecule has 2 rings (SSSR count). The van der Waals surface area contributed by atoms with Gasteiger partial charge in [-0.2, -0.15) is 5.10 Å². The Morgan fingerprint density at radius 3 is 3.21 bits per heavy atom. The lowest BCUT2D eigenvalue weighted by molar-refractivity contribution is 0.311. The van der Waals surface area contributed by atoms with Crippen molar-refractivity contribution in [2.75, 3.05) is 13.6 Å². The first-order chi connectivity index (χ1) is 6.81. The SMILES string of the molecule is CC/C=C/c1n[nH]c2c1CN(C)CC2. The fraction of sp³-hybridized carbons (Fsp3) is 0.545. The predicted molar refractivity (Wildman–Crippen MR) is 58.0 cm³/mol. The molecule has 0 aliphatic carbocycles. The Hall–Kier alpha value is -1.09. The fourth-order valence-electron chi connectivity index (χ4n) is 1.82. The first kappa shape index (κ1) is 9.46. The van der Waals surface area contributed by atoms with Crippen LogP contribution < -0.4 is 0 Å². The quantitative estimate of drug-likeness (QED) is 0.773. The number of hydrogen-bond acceptors (Lipinski definition) is 2. The molecule has 0 aromatic carbocycles. The third kappa shape index (κ3) is 1.73. The third-order valence-electron chi connectivity index (χ3n) is 2.67. The minimum absolute atomic E-state index is 1.02. The van der Waals surface area contributed by atoms with Crippen molar-refractivity contribution in [1.82, 2.24) is 15.1 Å². The fourth-order valence-corrected chi connectivity index (χ4v) is 1.82. The summed E-state index contributed by atoms with van der Waals surface area (Å²) in [6, 6.07) is 0. The van der Waals surface area contributed by atoms with Crippen LogP contribution in [0.4, 0.5) is 0 Å². The molecule has 1 aromatic rings. The van der Waals surface area contributed by atoms with Crippen molar-refractivity contribution in [2.24, 2.45) is 0 Å². The molecule has 1 aromatic heterocycles. The smallest absolute Gasteiger partial charge is 0.0893 e. The lowest BCUT2D eigenvalue weighted by atomic mass is 10.1. The molecule has 0 spiro atoms. The molecule has 3 heteroatoms. The molecule has 1 aliphatic rings. The summed E-state index contributed by atoms with van der Waals surface area (Å²) in [6.45, 7) is 4.29. The van der Waals surface area contributed by atoms with Gasteiger partial charge in [0, 0.05) is 30.8 Å². The van der Waals surface area contributed by atoms with E-state index in [1.807, 2.05) is 0 Å². The van der Waals surface area contributed by atoms with Gasteiger partial charge in [0.15, 0.2) is 0 Å². The second-order valence-electron chi connectivity index (χ2n) is 3.86.